The number of rotatable bonds is 12. The molecular formula is C41H45N3O5. The summed E-state index contributed by atoms with van der Waals surface area (Å²) >= 11 is 0. The number of nitrogens with zero attached hydrogens (tertiary/aromatic N) is 3. The molecule has 6 rings (SSSR count). The summed E-state index contributed by atoms with van der Waals surface area (Å²) in [5, 5.41) is 4.88. The van der Waals surface area contributed by atoms with E-state index in [9.17, 15) is 9.59 Å². The molecule has 4 aromatic carbocycles. The minimum Gasteiger partial charge on any atom is -0.497 e. The van der Waals surface area contributed by atoms with E-state index in [1.165, 1.54) is 6.92 Å². The zero-order valence-corrected chi connectivity index (χ0v) is 28.6. The molecule has 2 aliphatic rings. The standard InChI is InChI=1S/C41H45N3O5/c1-28(45)48-36(25-30-16-10-6-11-17-30)40(31-20-22-34(47-4)23-21-31)44-27-33(26-37(46)43(2)3)38-39(35(44)24-29-14-8-5-9-15-29)42-49-41(38)32-18-12-7-13-19-32/h5-23,33,35-36,38,40-41H,24-27H2,1-4H3/t33-,35-,36-,38+,40+,41-/m0/s1. The van der Waals surface area contributed by atoms with Crippen LogP contribution in [0.1, 0.15) is 47.7 Å². The number of fused-ring (bicyclic) bond motifs is 1. The van der Waals surface area contributed by atoms with E-state index in [1.54, 1.807) is 26.1 Å². The Labute approximate surface area is 289 Å². The highest BCUT2D eigenvalue weighted by Crippen LogP contribution is 2.47. The number of ether oxygens (including phenoxy) is 2. The molecule has 2 aliphatic heterocycles. The van der Waals surface area contributed by atoms with E-state index >= 15 is 0 Å². The van der Waals surface area contributed by atoms with Gasteiger partial charge in [0.2, 0.25) is 5.91 Å². The maximum atomic E-state index is 13.5. The molecule has 0 spiro atoms. The van der Waals surface area contributed by atoms with Gasteiger partial charge < -0.3 is 19.2 Å². The van der Waals surface area contributed by atoms with Gasteiger partial charge in [-0.25, -0.2) is 0 Å². The molecule has 4 aromatic rings. The molecule has 0 N–H and O–H groups in total. The third-order valence-electron chi connectivity index (χ3n) is 9.73. The largest absolute Gasteiger partial charge is 0.497 e. The second-order valence-corrected chi connectivity index (χ2v) is 13.2. The van der Waals surface area contributed by atoms with Crippen LogP contribution >= 0.6 is 0 Å². The number of likely N-dealkylation sites (tertiary alicyclic amines) is 1. The Morgan fingerprint density at radius 2 is 1.49 bits per heavy atom. The first-order valence-corrected chi connectivity index (χ1v) is 17.0. The van der Waals surface area contributed by atoms with Crippen molar-refractivity contribution in [2.75, 3.05) is 27.7 Å². The number of methoxy groups -OCH3 is 1. The molecule has 1 amide bonds. The van der Waals surface area contributed by atoms with Crippen LogP contribution in [0.3, 0.4) is 0 Å². The van der Waals surface area contributed by atoms with Crippen LogP contribution in [-0.4, -0.2) is 67.3 Å². The summed E-state index contributed by atoms with van der Waals surface area (Å²) in [6, 6.07) is 38.1. The van der Waals surface area contributed by atoms with Gasteiger partial charge in [-0.15, -0.1) is 0 Å². The van der Waals surface area contributed by atoms with Crippen molar-refractivity contribution >= 4 is 17.6 Å². The first-order chi connectivity index (χ1) is 23.8. The van der Waals surface area contributed by atoms with Crippen molar-refractivity contribution in [2.24, 2.45) is 17.0 Å². The third-order valence-corrected chi connectivity index (χ3v) is 9.73. The average Bonchev–Trinajstić information content (AvgIpc) is 3.57. The van der Waals surface area contributed by atoms with Gasteiger partial charge in [-0.3, -0.25) is 14.5 Å². The topological polar surface area (TPSA) is 80.7 Å². The molecule has 0 aliphatic carbocycles. The number of hydrogen-bond acceptors (Lipinski definition) is 7. The fourth-order valence-electron chi connectivity index (χ4n) is 7.43. The molecule has 0 saturated carbocycles. The number of benzene rings is 4. The minimum absolute atomic E-state index is 0.0475. The number of amides is 1. The SMILES string of the molecule is COc1ccc([C@H]([C@H](Cc2ccccc2)OC(C)=O)N2C[C@H](CC(=O)N(C)C)[C@@H]3C(=NO[C@H]3c3ccccc3)[C@@H]2Cc2ccccc2)cc1. The molecule has 0 unspecified atom stereocenters. The number of carbonyl (C=O) groups is 2. The van der Waals surface area contributed by atoms with Crippen molar-refractivity contribution in [1.82, 2.24) is 9.80 Å². The van der Waals surface area contributed by atoms with Crippen molar-refractivity contribution in [3.05, 3.63) is 138 Å². The normalized spacial score (nSPS) is 21.4. The van der Waals surface area contributed by atoms with E-state index in [-0.39, 0.29) is 41.9 Å². The lowest BCUT2D eigenvalue weighted by atomic mass is 9.72. The van der Waals surface area contributed by atoms with Crippen LogP contribution in [0, 0.1) is 11.8 Å². The maximum absolute atomic E-state index is 13.5. The van der Waals surface area contributed by atoms with Crippen molar-refractivity contribution in [1.29, 1.82) is 0 Å². The number of esters is 1. The van der Waals surface area contributed by atoms with Crippen molar-refractivity contribution < 1.29 is 23.9 Å². The predicted octanol–water partition coefficient (Wildman–Crippen LogP) is 6.68. The molecular weight excluding hydrogens is 614 g/mol. The Hall–Kier alpha value is -4.95. The Balaban J connectivity index is 1.51. The highest BCUT2D eigenvalue weighted by atomic mass is 16.6. The van der Waals surface area contributed by atoms with Crippen LogP contribution in [0.25, 0.3) is 0 Å². The molecule has 254 valence electrons. The van der Waals surface area contributed by atoms with Gasteiger partial charge in [0.15, 0.2) is 6.10 Å². The van der Waals surface area contributed by atoms with E-state index in [0.29, 0.717) is 25.8 Å². The monoisotopic (exact) mass is 659 g/mol. The molecule has 2 heterocycles. The molecule has 0 aromatic heterocycles. The van der Waals surface area contributed by atoms with Gasteiger partial charge in [0.25, 0.3) is 0 Å². The van der Waals surface area contributed by atoms with Crippen molar-refractivity contribution in [3.8, 4) is 5.75 Å². The van der Waals surface area contributed by atoms with E-state index in [1.807, 2.05) is 54.6 Å². The summed E-state index contributed by atoms with van der Waals surface area (Å²) in [6.07, 6.45) is 0.641. The van der Waals surface area contributed by atoms with Gasteiger partial charge in [0.1, 0.15) is 11.9 Å². The Morgan fingerprint density at radius 3 is 2.08 bits per heavy atom. The lowest BCUT2D eigenvalue weighted by Crippen LogP contribution is -2.58. The summed E-state index contributed by atoms with van der Waals surface area (Å²) in [5.74, 6) is 0.200. The summed E-state index contributed by atoms with van der Waals surface area (Å²) < 4.78 is 11.8. The van der Waals surface area contributed by atoms with Gasteiger partial charge in [0, 0.05) is 40.4 Å². The Morgan fingerprint density at radius 1 is 0.878 bits per heavy atom. The predicted molar refractivity (Wildman–Crippen MR) is 190 cm³/mol. The van der Waals surface area contributed by atoms with Gasteiger partial charge in [-0.05, 0) is 46.7 Å². The number of piperidine rings is 1. The lowest BCUT2D eigenvalue weighted by molar-refractivity contribution is -0.151. The second-order valence-electron chi connectivity index (χ2n) is 13.2. The van der Waals surface area contributed by atoms with E-state index < -0.39 is 6.10 Å². The molecule has 8 nitrogen and oxygen atoms in total. The van der Waals surface area contributed by atoms with Crippen molar-refractivity contribution in [2.45, 2.75) is 50.5 Å². The van der Waals surface area contributed by atoms with E-state index in [0.717, 1.165) is 33.7 Å². The minimum atomic E-state index is -0.541. The quantitative estimate of drug-likeness (QED) is 0.158. The fourth-order valence-corrected chi connectivity index (χ4v) is 7.43. The van der Waals surface area contributed by atoms with Gasteiger partial charge in [0.05, 0.1) is 30.8 Å². The number of oxime groups is 1. The first-order valence-electron chi connectivity index (χ1n) is 17.0. The summed E-state index contributed by atoms with van der Waals surface area (Å²) in [7, 11) is 5.25. The summed E-state index contributed by atoms with van der Waals surface area (Å²) in [4.78, 5) is 36.8. The van der Waals surface area contributed by atoms with Gasteiger partial charge in [-0.1, -0.05) is 108 Å². The molecule has 49 heavy (non-hydrogen) atoms. The van der Waals surface area contributed by atoms with Gasteiger partial charge >= 0.3 is 5.97 Å². The number of hydrogen-bond donors (Lipinski definition) is 0. The maximum Gasteiger partial charge on any atom is 0.302 e. The van der Waals surface area contributed by atoms with Crippen LogP contribution in [0.4, 0.5) is 0 Å². The highest BCUT2D eigenvalue weighted by Gasteiger charge is 2.52. The molecule has 0 radical (unpaired) electrons. The Bertz CT molecular complexity index is 1710. The molecule has 1 saturated heterocycles. The average molecular weight is 660 g/mol. The number of carbonyl (C=O) groups excluding carboxylic acids is 2. The zero-order valence-electron chi connectivity index (χ0n) is 28.6. The van der Waals surface area contributed by atoms with Gasteiger partial charge in [-0.2, -0.15) is 0 Å². The molecule has 6 atom stereocenters. The van der Waals surface area contributed by atoms with Crippen LogP contribution in [0.15, 0.2) is 120 Å². The smallest absolute Gasteiger partial charge is 0.302 e. The van der Waals surface area contributed by atoms with Crippen LogP contribution in [-0.2, 0) is 32.0 Å². The van der Waals surface area contributed by atoms with Crippen molar-refractivity contribution in [3.63, 3.8) is 0 Å². The first kappa shape index (κ1) is 33.9. The molecule has 8 heteroatoms. The second kappa shape index (κ2) is 15.5. The highest BCUT2D eigenvalue weighted by molar-refractivity contribution is 5.95. The van der Waals surface area contributed by atoms with Crippen LogP contribution in [0.2, 0.25) is 0 Å². The van der Waals surface area contributed by atoms with Crippen LogP contribution in [0.5, 0.6) is 5.75 Å². The Kier molecular flexibility index (Phi) is 10.7. The molecule has 0 bridgehead atoms. The molecule has 1 fully saturated rings. The lowest BCUT2D eigenvalue weighted by Gasteiger charge is -2.49. The summed E-state index contributed by atoms with van der Waals surface area (Å²) in [5.41, 5.74) is 5.16. The summed E-state index contributed by atoms with van der Waals surface area (Å²) in [6.45, 7) is 2.03. The van der Waals surface area contributed by atoms with E-state index in [2.05, 4.69) is 65.6 Å². The van der Waals surface area contributed by atoms with Crippen LogP contribution < -0.4 is 4.74 Å². The zero-order chi connectivity index (χ0) is 34.3. The third kappa shape index (κ3) is 7.86. The fraction of sp³-hybridized carbons (Fsp3) is 0.341. The van der Waals surface area contributed by atoms with E-state index in [4.69, 9.17) is 19.5 Å².